The third-order valence-corrected chi connectivity index (χ3v) is 3.72. The highest BCUT2D eigenvalue weighted by molar-refractivity contribution is 9.11. The van der Waals surface area contributed by atoms with Gasteiger partial charge in [0.2, 0.25) is 0 Å². The highest BCUT2D eigenvalue weighted by Gasteiger charge is 2.13. The molecule has 104 valence electrons. The van der Waals surface area contributed by atoms with Crippen molar-refractivity contribution < 1.29 is 15.0 Å². The molecule has 5 N–H and O–H groups in total. The SMILES string of the molecule is Nc1cc(Br)c(NC(=O)c2cc(O)cc(O)c2)c(Br)c1. The second-order valence-corrected chi connectivity index (χ2v) is 5.76. The van der Waals surface area contributed by atoms with Gasteiger partial charge in [-0.2, -0.15) is 0 Å². The van der Waals surface area contributed by atoms with E-state index in [0.29, 0.717) is 20.3 Å². The minimum Gasteiger partial charge on any atom is -0.508 e. The van der Waals surface area contributed by atoms with E-state index in [2.05, 4.69) is 37.2 Å². The van der Waals surface area contributed by atoms with Crippen LogP contribution in [0.25, 0.3) is 0 Å². The number of nitrogen functional groups attached to an aromatic ring is 1. The van der Waals surface area contributed by atoms with E-state index in [0.717, 1.165) is 6.07 Å². The zero-order valence-electron chi connectivity index (χ0n) is 10.0. The summed E-state index contributed by atoms with van der Waals surface area (Å²) >= 11 is 6.61. The molecule has 20 heavy (non-hydrogen) atoms. The van der Waals surface area contributed by atoms with E-state index in [-0.39, 0.29) is 17.1 Å². The number of rotatable bonds is 2. The number of nitrogens with one attached hydrogen (secondary N) is 1. The lowest BCUT2D eigenvalue weighted by Gasteiger charge is -2.11. The number of benzene rings is 2. The van der Waals surface area contributed by atoms with Gasteiger partial charge in [-0.25, -0.2) is 0 Å². The highest BCUT2D eigenvalue weighted by Crippen LogP contribution is 2.34. The van der Waals surface area contributed by atoms with Gasteiger partial charge in [0.15, 0.2) is 0 Å². The van der Waals surface area contributed by atoms with Crippen LogP contribution in [-0.4, -0.2) is 16.1 Å². The molecule has 2 aromatic carbocycles. The molecule has 7 heteroatoms. The van der Waals surface area contributed by atoms with Crippen LogP contribution in [0.15, 0.2) is 39.3 Å². The molecule has 0 heterocycles. The van der Waals surface area contributed by atoms with Crippen LogP contribution < -0.4 is 11.1 Å². The number of halogens is 2. The second-order valence-electron chi connectivity index (χ2n) is 4.05. The first kappa shape index (κ1) is 14.7. The molecule has 0 aromatic heterocycles. The van der Waals surface area contributed by atoms with Gasteiger partial charge in [-0.15, -0.1) is 0 Å². The van der Waals surface area contributed by atoms with Crippen molar-refractivity contribution in [3.8, 4) is 11.5 Å². The number of hydrogen-bond donors (Lipinski definition) is 4. The fourth-order valence-electron chi connectivity index (χ4n) is 1.62. The Kier molecular flexibility index (Phi) is 4.20. The average molecular weight is 402 g/mol. The molecule has 2 rings (SSSR count). The smallest absolute Gasteiger partial charge is 0.255 e. The Morgan fingerprint density at radius 3 is 2.00 bits per heavy atom. The van der Waals surface area contributed by atoms with Crippen LogP contribution in [0.1, 0.15) is 10.4 Å². The third kappa shape index (κ3) is 3.23. The third-order valence-electron chi connectivity index (χ3n) is 2.47. The monoisotopic (exact) mass is 400 g/mol. The number of phenolic OH excluding ortho intramolecular Hbond substituents is 2. The first-order valence-corrected chi connectivity index (χ1v) is 7.04. The van der Waals surface area contributed by atoms with E-state index in [4.69, 9.17) is 5.73 Å². The molecular formula is C13H10Br2N2O3. The summed E-state index contributed by atoms with van der Waals surface area (Å²) in [4.78, 5) is 12.1. The molecule has 0 spiro atoms. The van der Waals surface area contributed by atoms with Gasteiger partial charge in [0.05, 0.1) is 5.69 Å². The summed E-state index contributed by atoms with van der Waals surface area (Å²) in [5, 5.41) is 21.4. The zero-order chi connectivity index (χ0) is 14.9. The Hall–Kier alpha value is -1.73. The number of nitrogens with two attached hydrogens (primary N) is 1. The van der Waals surface area contributed by atoms with Gasteiger partial charge >= 0.3 is 0 Å². The van der Waals surface area contributed by atoms with Gasteiger partial charge < -0.3 is 21.3 Å². The van der Waals surface area contributed by atoms with Crippen molar-refractivity contribution in [3.05, 3.63) is 44.8 Å². The topological polar surface area (TPSA) is 95.6 Å². The lowest BCUT2D eigenvalue weighted by molar-refractivity contribution is 0.102. The standard InChI is InChI=1S/C13H10Br2N2O3/c14-10-3-7(16)4-11(15)12(10)17-13(20)6-1-8(18)5-9(19)2-6/h1-5,18-19H,16H2,(H,17,20). The summed E-state index contributed by atoms with van der Waals surface area (Å²) < 4.78 is 1.23. The lowest BCUT2D eigenvalue weighted by Crippen LogP contribution is -2.12. The van der Waals surface area contributed by atoms with Crippen molar-refractivity contribution in [2.24, 2.45) is 0 Å². The Morgan fingerprint density at radius 1 is 1.00 bits per heavy atom. The molecule has 0 radical (unpaired) electrons. The van der Waals surface area contributed by atoms with Crippen LogP contribution in [0, 0.1) is 0 Å². The zero-order valence-corrected chi connectivity index (χ0v) is 13.2. The van der Waals surface area contributed by atoms with E-state index in [1.54, 1.807) is 12.1 Å². The first-order valence-electron chi connectivity index (χ1n) is 5.45. The predicted octanol–water partition coefficient (Wildman–Crippen LogP) is 3.46. The quantitative estimate of drug-likeness (QED) is 0.579. The Labute approximate surface area is 131 Å². The first-order chi connectivity index (χ1) is 9.36. The number of phenols is 2. The number of carbonyl (C=O) groups is 1. The van der Waals surface area contributed by atoms with E-state index >= 15 is 0 Å². The highest BCUT2D eigenvalue weighted by atomic mass is 79.9. The molecule has 0 aliphatic carbocycles. The molecule has 2 aromatic rings. The van der Waals surface area contributed by atoms with Gasteiger partial charge in [-0.05, 0) is 56.1 Å². The summed E-state index contributed by atoms with van der Waals surface area (Å²) in [6.07, 6.45) is 0. The van der Waals surface area contributed by atoms with Gasteiger partial charge in [0.1, 0.15) is 11.5 Å². The molecule has 0 fully saturated rings. The number of anilines is 2. The molecule has 0 saturated carbocycles. The summed E-state index contributed by atoms with van der Waals surface area (Å²) in [7, 11) is 0. The van der Waals surface area contributed by atoms with Gasteiger partial charge in [0.25, 0.3) is 5.91 Å². The van der Waals surface area contributed by atoms with Crippen molar-refractivity contribution in [1.29, 1.82) is 0 Å². The number of carbonyl (C=O) groups excluding carboxylic acids is 1. The molecular weight excluding hydrogens is 392 g/mol. The van der Waals surface area contributed by atoms with Crippen molar-refractivity contribution in [2.45, 2.75) is 0 Å². The Bertz CT molecular complexity index is 646. The van der Waals surface area contributed by atoms with Crippen LogP contribution in [0.5, 0.6) is 11.5 Å². The van der Waals surface area contributed by atoms with E-state index in [1.165, 1.54) is 12.1 Å². The molecule has 0 unspecified atom stereocenters. The fraction of sp³-hybridized carbons (Fsp3) is 0. The van der Waals surface area contributed by atoms with Crippen LogP contribution >= 0.6 is 31.9 Å². The average Bonchev–Trinajstić information content (AvgIpc) is 2.32. The van der Waals surface area contributed by atoms with Crippen molar-refractivity contribution in [3.63, 3.8) is 0 Å². The summed E-state index contributed by atoms with van der Waals surface area (Å²) in [5.74, 6) is -0.849. The molecule has 0 aliphatic heterocycles. The minimum atomic E-state index is -0.470. The largest absolute Gasteiger partial charge is 0.508 e. The van der Waals surface area contributed by atoms with Gasteiger partial charge in [-0.1, -0.05) is 0 Å². The molecule has 1 amide bonds. The second kappa shape index (κ2) is 5.72. The van der Waals surface area contributed by atoms with Crippen LogP contribution in [0.4, 0.5) is 11.4 Å². The lowest BCUT2D eigenvalue weighted by atomic mass is 10.2. The molecule has 0 atom stereocenters. The summed E-state index contributed by atoms with van der Waals surface area (Å²) in [6.45, 7) is 0. The van der Waals surface area contributed by atoms with Crippen molar-refractivity contribution in [1.82, 2.24) is 0 Å². The van der Waals surface area contributed by atoms with E-state index in [9.17, 15) is 15.0 Å². The molecule has 5 nitrogen and oxygen atoms in total. The predicted molar refractivity (Wildman–Crippen MR) is 84.0 cm³/mol. The number of hydrogen-bond acceptors (Lipinski definition) is 4. The van der Waals surface area contributed by atoms with E-state index in [1.807, 2.05) is 0 Å². The molecule has 0 saturated heterocycles. The maximum atomic E-state index is 12.1. The van der Waals surface area contributed by atoms with Crippen molar-refractivity contribution >= 4 is 49.1 Å². The van der Waals surface area contributed by atoms with Gasteiger partial charge in [0, 0.05) is 26.3 Å². The fourth-order valence-corrected chi connectivity index (χ4v) is 3.04. The van der Waals surface area contributed by atoms with Crippen LogP contribution in [0.3, 0.4) is 0 Å². The number of aromatic hydroxyl groups is 2. The molecule has 0 bridgehead atoms. The van der Waals surface area contributed by atoms with Crippen LogP contribution in [-0.2, 0) is 0 Å². The summed E-state index contributed by atoms with van der Waals surface area (Å²) in [6, 6.07) is 6.97. The van der Waals surface area contributed by atoms with E-state index < -0.39 is 5.91 Å². The normalized spacial score (nSPS) is 10.3. The Balaban J connectivity index is 2.32. The maximum Gasteiger partial charge on any atom is 0.255 e. The number of amides is 1. The summed E-state index contributed by atoms with van der Waals surface area (Å²) in [5.41, 5.74) is 6.85. The maximum absolute atomic E-state index is 12.1. The van der Waals surface area contributed by atoms with Crippen molar-refractivity contribution in [2.75, 3.05) is 11.1 Å². The minimum absolute atomic E-state index is 0.137. The Morgan fingerprint density at radius 2 is 1.50 bits per heavy atom. The van der Waals surface area contributed by atoms with Gasteiger partial charge in [-0.3, -0.25) is 4.79 Å². The van der Waals surface area contributed by atoms with Crippen LogP contribution in [0.2, 0.25) is 0 Å². The molecule has 0 aliphatic rings.